The van der Waals surface area contributed by atoms with Crippen molar-refractivity contribution in [1.82, 2.24) is 0 Å². The second kappa shape index (κ2) is 4.56. The smallest absolute Gasteiger partial charge is 0.165 e. The molecule has 17 heavy (non-hydrogen) atoms. The summed E-state index contributed by atoms with van der Waals surface area (Å²) in [6.45, 7) is 1.97. The van der Waals surface area contributed by atoms with E-state index in [9.17, 15) is 4.39 Å². The van der Waals surface area contributed by atoms with Crippen LogP contribution in [0.3, 0.4) is 0 Å². The molecule has 0 fully saturated rings. The van der Waals surface area contributed by atoms with Crippen molar-refractivity contribution in [1.29, 1.82) is 0 Å². The van der Waals surface area contributed by atoms with Crippen LogP contribution >= 0.6 is 11.8 Å². The van der Waals surface area contributed by atoms with Gasteiger partial charge in [-0.15, -0.1) is 0 Å². The van der Waals surface area contributed by atoms with E-state index in [1.807, 2.05) is 13.0 Å². The fourth-order valence-corrected chi connectivity index (χ4v) is 2.87. The monoisotopic (exact) mass is 254 g/mol. The Morgan fingerprint density at radius 2 is 2.29 bits per heavy atom. The van der Waals surface area contributed by atoms with Gasteiger partial charge < -0.3 is 10.5 Å². The molecule has 0 bridgehead atoms. The van der Waals surface area contributed by atoms with Gasteiger partial charge in [0.25, 0.3) is 0 Å². The topological polar surface area (TPSA) is 47.6 Å². The number of hydrogen-bond acceptors (Lipinski definition) is 4. The van der Waals surface area contributed by atoms with Gasteiger partial charge in [0.1, 0.15) is 0 Å². The van der Waals surface area contributed by atoms with Crippen LogP contribution in [0.15, 0.2) is 23.2 Å². The van der Waals surface area contributed by atoms with Crippen molar-refractivity contribution in [2.45, 2.75) is 18.9 Å². The lowest BCUT2D eigenvalue weighted by Gasteiger charge is -2.29. The third-order valence-corrected chi connectivity index (χ3v) is 3.76. The Morgan fingerprint density at radius 3 is 2.88 bits per heavy atom. The Kier molecular flexibility index (Phi) is 3.28. The quantitative estimate of drug-likeness (QED) is 0.882. The van der Waals surface area contributed by atoms with E-state index < -0.39 is 5.54 Å². The number of ether oxygens (including phenoxy) is 1. The van der Waals surface area contributed by atoms with Gasteiger partial charge in [0, 0.05) is 5.75 Å². The highest BCUT2D eigenvalue weighted by atomic mass is 32.2. The zero-order chi connectivity index (χ0) is 12.5. The number of aliphatic imine (C=N–C) groups is 1. The average Bonchev–Trinajstić information content (AvgIpc) is 2.28. The maximum absolute atomic E-state index is 13.7. The molecule has 1 aromatic rings. The second-order valence-corrected chi connectivity index (χ2v) is 5.29. The van der Waals surface area contributed by atoms with Gasteiger partial charge in [0.05, 0.1) is 12.6 Å². The van der Waals surface area contributed by atoms with Crippen LogP contribution in [-0.2, 0) is 5.54 Å². The molecule has 3 nitrogen and oxygen atoms in total. The minimum atomic E-state index is -0.428. The average molecular weight is 254 g/mol. The number of benzene rings is 1. The van der Waals surface area contributed by atoms with E-state index >= 15 is 0 Å². The molecule has 1 aromatic carbocycles. The molecular formula is C12H15FN2OS. The molecule has 0 radical (unpaired) electrons. The summed E-state index contributed by atoms with van der Waals surface area (Å²) in [7, 11) is 1.45. The van der Waals surface area contributed by atoms with Crippen molar-refractivity contribution in [2.75, 3.05) is 12.9 Å². The van der Waals surface area contributed by atoms with Gasteiger partial charge in [-0.25, -0.2) is 4.39 Å². The van der Waals surface area contributed by atoms with Crippen LogP contribution in [0.25, 0.3) is 0 Å². The summed E-state index contributed by atoms with van der Waals surface area (Å²) in [5.74, 6) is 0.789. The molecule has 2 rings (SSSR count). The first-order valence-electron chi connectivity index (χ1n) is 5.37. The fraction of sp³-hybridized carbons (Fsp3) is 0.417. The van der Waals surface area contributed by atoms with E-state index in [-0.39, 0.29) is 11.6 Å². The van der Waals surface area contributed by atoms with Gasteiger partial charge in [0.2, 0.25) is 0 Å². The van der Waals surface area contributed by atoms with Crippen molar-refractivity contribution >= 4 is 16.9 Å². The standard InChI is InChI=1S/C12H15FN2OS/c1-12(5-6-17-11(14)15-12)8-3-4-10(16-2)9(13)7-8/h3-4,7H,5-6H2,1-2H3,(H2,14,15). The summed E-state index contributed by atoms with van der Waals surface area (Å²) in [5, 5.41) is 0.565. The van der Waals surface area contributed by atoms with Gasteiger partial charge >= 0.3 is 0 Å². The molecule has 1 heterocycles. The minimum absolute atomic E-state index is 0.250. The summed E-state index contributed by atoms with van der Waals surface area (Å²) >= 11 is 1.54. The molecule has 0 saturated carbocycles. The Balaban J connectivity index is 2.40. The first-order valence-corrected chi connectivity index (χ1v) is 6.36. The molecule has 2 N–H and O–H groups in total. The summed E-state index contributed by atoms with van der Waals surface area (Å²) in [4.78, 5) is 4.43. The Morgan fingerprint density at radius 1 is 1.53 bits per heavy atom. The normalized spacial score (nSPS) is 24.3. The summed E-state index contributed by atoms with van der Waals surface area (Å²) < 4.78 is 18.6. The maximum Gasteiger partial charge on any atom is 0.165 e. The third kappa shape index (κ3) is 2.39. The lowest BCUT2D eigenvalue weighted by atomic mass is 9.90. The van der Waals surface area contributed by atoms with Crippen molar-refractivity contribution < 1.29 is 9.13 Å². The number of methoxy groups -OCH3 is 1. The lowest BCUT2D eigenvalue weighted by molar-refractivity contribution is 0.384. The van der Waals surface area contributed by atoms with E-state index in [1.54, 1.807) is 6.07 Å². The van der Waals surface area contributed by atoms with Crippen LogP contribution in [0.5, 0.6) is 5.75 Å². The second-order valence-electron chi connectivity index (χ2n) is 4.17. The number of halogens is 1. The highest BCUT2D eigenvalue weighted by molar-refractivity contribution is 8.13. The van der Waals surface area contributed by atoms with E-state index in [1.165, 1.54) is 24.9 Å². The molecule has 1 aliphatic heterocycles. The molecule has 0 saturated heterocycles. The minimum Gasteiger partial charge on any atom is -0.494 e. The van der Waals surface area contributed by atoms with Gasteiger partial charge in [-0.1, -0.05) is 17.8 Å². The molecule has 0 aromatic heterocycles. The van der Waals surface area contributed by atoms with Crippen LogP contribution < -0.4 is 10.5 Å². The Hall–Kier alpha value is -1.23. The van der Waals surface area contributed by atoms with E-state index in [0.717, 1.165) is 17.7 Å². The van der Waals surface area contributed by atoms with Crippen LogP contribution in [0, 0.1) is 5.82 Å². The number of nitrogens with two attached hydrogens (primary N) is 1. The van der Waals surface area contributed by atoms with Crippen LogP contribution in [0.2, 0.25) is 0 Å². The van der Waals surface area contributed by atoms with Crippen molar-refractivity contribution in [3.8, 4) is 5.75 Å². The fourth-order valence-electron chi connectivity index (χ4n) is 1.90. The van der Waals surface area contributed by atoms with Crippen molar-refractivity contribution in [3.63, 3.8) is 0 Å². The highest BCUT2D eigenvalue weighted by Crippen LogP contribution is 2.36. The third-order valence-electron chi connectivity index (χ3n) is 2.97. The number of amidine groups is 1. The number of hydrogen-bond donors (Lipinski definition) is 1. The lowest BCUT2D eigenvalue weighted by Crippen LogP contribution is -2.28. The summed E-state index contributed by atoms with van der Waals surface area (Å²) in [5.41, 5.74) is 6.14. The first kappa shape index (κ1) is 12.2. The van der Waals surface area contributed by atoms with Gasteiger partial charge in [-0.2, -0.15) is 0 Å². The van der Waals surface area contributed by atoms with Crippen LogP contribution in [0.4, 0.5) is 4.39 Å². The summed E-state index contributed by atoms with van der Waals surface area (Å²) in [6.07, 6.45) is 0.851. The predicted octanol–water partition coefficient (Wildman–Crippen LogP) is 2.50. The zero-order valence-electron chi connectivity index (χ0n) is 9.87. The van der Waals surface area contributed by atoms with Crippen molar-refractivity contribution in [2.24, 2.45) is 10.7 Å². The first-order chi connectivity index (χ1) is 8.05. The molecule has 0 amide bonds. The highest BCUT2D eigenvalue weighted by Gasteiger charge is 2.30. The van der Waals surface area contributed by atoms with Gasteiger partial charge in [0.15, 0.2) is 16.7 Å². The van der Waals surface area contributed by atoms with E-state index in [2.05, 4.69) is 4.99 Å². The van der Waals surface area contributed by atoms with Crippen molar-refractivity contribution in [3.05, 3.63) is 29.6 Å². The van der Waals surface area contributed by atoms with E-state index in [0.29, 0.717) is 5.17 Å². The molecule has 1 unspecified atom stereocenters. The largest absolute Gasteiger partial charge is 0.494 e. The molecule has 0 spiro atoms. The molecular weight excluding hydrogens is 239 g/mol. The molecule has 1 aliphatic rings. The predicted molar refractivity (Wildman–Crippen MR) is 69.0 cm³/mol. The molecule has 92 valence electrons. The van der Waals surface area contributed by atoms with Crippen LogP contribution in [-0.4, -0.2) is 18.0 Å². The zero-order valence-corrected chi connectivity index (χ0v) is 10.7. The maximum atomic E-state index is 13.7. The number of rotatable bonds is 2. The molecule has 1 atom stereocenters. The number of thioether (sulfide) groups is 1. The van der Waals surface area contributed by atoms with Crippen LogP contribution in [0.1, 0.15) is 18.9 Å². The number of nitrogens with zero attached hydrogens (tertiary/aromatic N) is 1. The molecule has 5 heteroatoms. The van der Waals surface area contributed by atoms with Gasteiger partial charge in [-0.3, -0.25) is 4.99 Å². The summed E-state index contributed by atoms with van der Waals surface area (Å²) in [6, 6.07) is 4.95. The Bertz CT molecular complexity index is 464. The van der Waals surface area contributed by atoms with Gasteiger partial charge in [-0.05, 0) is 31.0 Å². The SMILES string of the molecule is COc1ccc(C2(C)CCSC(N)=N2)cc1F. The Labute approximate surface area is 104 Å². The van der Waals surface area contributed by atoms with E-state index in [4.69, 9.17) is 10.5 Å². The molecule has 0 aliphatic carbocycles.